The van der Waals surface area contributed by atoms with E-state index in [1.54, 1.807) is 6.07 Å². The summed E-state index contributed by atoms with van der Waals surface area (Å²) >= 11 is 6.04. The fraction of sp³-hybridized carbons (Fsp3) is 0.333. The number of carbonyl (C=O) groups excluding carboxylic acids is 1. The summed E-state index contributed by atoms with van der Waals surface area (Å²) in [4.78, 5) is 12.4. The molecule has 25 heavy (non-hydrogen) atoms. The molecule has 1 saturated heterocycles. The standard InChI is InChI=1S/C18H19ClN4O2/c1-10-13-6-12(19)2-3-16(13)25-17(10)9-21-18(24)15-7-14(22-23-15)11-4-5-20-8-11/h2-3,6-7,11,20H,4-5,8-9H2,1H3,(H,21,24)(H,22,23). The number of H-pyrrole nitrogens is 1. The first kappa shape index (κ1) is 16.2. The highest BCUT2D eigenvalue weighted by Crippen LogP contribution is 2.28. The average molecular weight is 359 g/mol. The Morgan fingerprint density at radius 1 is 1.44 bits per heavy atom. The molecule has 0 spiro atoms. The second-order valence-corrected chi connectivity index (χ2v) is 6.81. The van der Waals surface area contributed by atoms with Crippen LogP contribution in [-0.4, -0.2) is 29.2 Å². The van der Waals surface area contributed by atoms with Gasteiger partial charge in [-0.3, -0.25) is 9.89 Å². The second kappa shape index (κ2) is 6.54. The van der Waals surface area contributed by atoms with Gasteiger partial charge in [0.25, 0.3) is 5.91 Å². The van der Waals surface area contributed by atoms with Crippen molar-refractivity contribution >= 4 is 28.5 Å². The quantitative estimate of drug-likeness (QED) is 0.669. The van der Waals surface area contributed by atoms with Crippen molar-refractivity contribution in [2.45, 2.75) is 25.8 Å². The molecule has 130 valence electrons. The lowest BCUT2D eigenvalue weighted by atomic mass is 10.1. The summed E-state index contributed by atoms with van der Waals surface area (Å²) in [5.41, 5.74) is 3.16. The van der Waals surface area contributed by atoms with Gasteiger partial charge < -0.3 is 15.1 Å². The Bertz CT molecular complexity index is 924. The van der Waals surface area contributed by atoms with Crippen LogP contribution in [-0.2, 0) is 6.54 Å². The van der Waals surface area contributed by atoms with E-state index in [-0.39, 0.29) is 5.91 Å². The van der Waals surface area contributed by atoms with Crippen LogP contribution in [0.1, 0.15) is 39.8 Å². The lowest BCUT2D eigenvalue weighted by Gasteiger charge is -2.03. The van der Waals surface area contributed by atoms with Crippen LogP contribution in [0, 0.1) is 6.92 Å². The molecule has 1 atom stereocenters. The van der Waals surface area contributed by atoms with Crippen LogP contribution in [0.15, 0.2) is 28.7 Å². The summed E-state index contributed by atoms with van der Waals surface area (Å²) in [6, 6.07) is 7.33. The van der Waals surface area contributed by atoms with Crippen LogP contribution in [0.4, 0.5) is 0 Å². The first-order valence-electron chi connectivity index (χ1n) is 8.33. The molecular formula is C18H19ClN4O2. The Morgan fingerprint density at radius 3 is 3.12 bits per heavy atom. The molecule has 3 N–H and O–H groups in total. The minimum atomic E-state index is -0.216. The van der Waals surface area contributed by atoms with E-state index < -0.39 is 0 Å². The molecule has 0 saturated carbocycles. The summed E-state index contributed by atoms with van der Waals surface area (Å²) < 4.78 is 5.82. The van der Waals surface area contributed by atoms with Gasteiger partial charge in [0.05, 0.1) is 6.54 Å². The summed E-state index contributed by atoms with van der Waals surface area (Å²) in [5.74, 6) is 0.907. The molecule has 3 aromatic rings. The van der Waals surface area contributed by atoms with Gasteiger partial charge in [0.2, 0.25) is 0 Å². The molecule has 0 aliphatic carbocycles. The molecule has 1 aliphatic heterocycles. The van der Waals surface area contributed by atoms with E-state index in [1.165, 1.54) is 0 Å². The Balaban J connectivity index is 1.46. The second-order valence-electron chi connectivity index (χ2n) is 6.37. The van der Waals surface area contributed by atoms with Crippen molar-refractivity contribution in [3.8, 4) is 0 Å². The number of fused-ring (bicyclic) bond motifs is 1. The maximum atomic E-state index is 12.4. The van der Waals surface area contributed by atoms with E-state index in [4.69, 9.17) is 16.0 Å². The van der Waals surface area contributed by atoms with Crippen molar-refractivity contribution in [3.05, 3.63) is 52.0 Å². The molecule has 0 radical (unpaired) electrons. The molecule has 6 nitrogen and oxygen atoms in total. The van der Waals surface area contributed by atoms with Crippen molar-refractivity contribution in [2.24, 2.45) is 0 Å². The molecule has 1 aromatic carbocycles. The van der Waals surface area contributed by atoms with Crippen LogP contribution < -0.4 is 10.6 Å². The zero-order chi connectivity index (χ0) is 17.4. The van der Waals surface area contributed by atoms with Crippen LogP contribution in [0.25, 0.3) is 11.0 Å². The van der Waals surface area contributed by atoms with E-state index in [2.05, 4.69) is 20.8 Å². The number of amides is 1. The van der Waals surface area contributed by atoms with Crippen LogP contribution in [0.3, 0.4) is 0 Å². The van der Waals surface area contributed by atoms with Gasteiger partial charge >= 0.3 is 0 Å². The van der Waals surface area contributed by atoms with Gasteiger partial charge in [0.15, 0.2) is 0 Å². The number of rotatable bonds is 4. The third-order valence-corrected chi connectivity index (χ3v) is 4.97. The van der Waals surface area contributed by atoms with E-state index >= 15 is 0 Å². The van der Waals surface area contributed by atoms with Crippen molar-refractivity contribution in [1.82, 2.24) is 20.8 Å². The molecule has 1 fully saturated rings. The third-order valence-electron chi connectivity index (χ3n) is 4.74. The van der Waals surface area contributed by atoms with Gasteiger partial charge in [-0.25, -0.2) is 0 Å². The number of nitrogens with zero attached hydrogens (tertiary/aromatic N) is 1. The van der Waals surface area contributed by atoms with Gasteiger partial charge in [0, 0.05) is 34.1 Å². The number of nitrogens with one attached hydrogen (secondary N) is 3. The molecule has 4 rings (SSSR count). The molecule has 7 heteroatoms. The Morgan fingerprint density at radius 2 is 2.32 bits per heavy atom. The number of furan rings is 1. The molecule has 3 heterocycles. The lowest BCUT2D eigenvalue weighted by Crippen LogP contribution is -2.23. The number of carbonyl (C=O) groups is 1. The van der Waals surface area contributed by atoms with Crippen molar-refractivity contribution in [1.29, 1.82) is 0 Å². The van der Waals surface area contributed by atoms with Crippen molar-refractivity contribution in [2.75, 3.05) is 13.1 Å². The van der Waals surface area contributed by atoms with E-state index in [9.17, 15) is 4.79 Å². The minimum absolute atomic E-state index is 0.216. The first-order valence-corrected chi connectivity index (χ1v) is 8.71. The summed E-state index contributed by atoms with van der Waals surface area (Å²) in [6.45, 7) is 4.19. The number of benzene rings is 1. The zero-order valence-corrected chi connectivity index (χ0v) is 14.6. The molecular weight excluding hydrogens is 340 g/mol. The zero-order valence-electron chi connectivity index (χ0n) is 13.9. The van der Waals surface area contributed by atoms with Crippen LogP contribution >= 0.6 is 11.6 Å². The smallest absolute Gasteiger partial charge is 0.272 e. The number of hydrogen-bond donors (Lipinski definition) is 3. The topological polar surface area (TPSA) is 83.0 Å². The predicted molar refractivity (Wildman–Crippen MR) is 95.9 cm³/mol. The van der Waals surface area contributed by atoms with Gasteiger partial charge in [-0.05, 0) is 44.2 Å². The first-order chi connectivity index (χ1) is 12.1. The SMILES string of the molecule is Cc1c(CNC(=O)c2cc(C3CCNC3)[nH]n2)oc2ccc(Cl)cc12. The summed E-state index contributed by atoms with van der Waals surface area (Å²) in [5, 5.41) is 14.9. The molecule has 1 amide bonds. The maximum Gasteiger partial charge on any atom is 0.272 e. The number of aromatic nitrogens is 2. The highest BCUT2D eigenvalue weighted by atomic mass is 35.5. The van der Waals surface area contributed by atoms with Crippen LogP contribution in [0.2, 0.25) is 5.02 Å². The highest BCUT2D eigenvalue weighted by Gasteiger charge is 2.21. The van der Waals surface area contributed by atoms with E-state index in [1.807, 2.05) is 25.1 Å². The largest absolute Gasteiger partial charge is 0.459 e. The molecule has 1 aliphatic rings. The van der Waals surface area contributed by atoms with Crippen molar-refractivity contribution < 1.29 is 9.21 Å². The lowest BCUT2D eigenvalue weighted by molar-refractivity contribution is 0.0943. The summed E-state index contributed by atoms with van der Waals surface area (Å²) in [7, 11) is 0. The summed E-state index contributed by atoms with van der Waals surface area (Å²) in [6.07, 6.45) is 1.06. The van der Waals surface area contributed by atoms with Gasteiger partial charge in [-0.2, -0.15) is 5.10 Å². The fourth-order valence-corrected chi connectivity index (χ4v) is 3.42. The van der Waals surface area contributed by atoms with Gasteiger partial charge in [0.1, 0.15) is 17.0 Å². The van der Waals surface area contributed by atoms with Gasteiger partial charge in [-0.15, -0.1) is 0 Å². The van der Waals surface area contributed by atoms with Crippen molar-refractivity contribution in [3.63, 3.8) is 0 Å². The normalized spacial score (nSPS) is 17.3. The number of halogens is 1. The minimum Gasteiger partial charge on any atom is -0.459 e. The molecule has 1 unspecified atom stereocenters. The fourth-order valence-electron chi connectivity index (χ4n) is 3.25. The molecule has 2 aromatic heterocycles. The van der Waals surface area contributed by atoms with Gasteiger partial charge in [-0.1, -0.05) is 11.6 Å². The Kier molecular flexibility index (Phi) is 4.23. The number of hydrogen-bond acceptors (Lipinski definition) is 4. The monoisotopic (exact) mass is 358 g/mol. The highest BCUT2D eigenvalue weighted by molar-refractivity contribution is 6.31. The van der Waals surface area contributed by atoms with E-state index in [0.717, 1.165) is 47.5 Å². The van der Waals surface area contributed by atoms with Crippen LogP contribution in [0.5, 0.6) is 0 Å². The average Bonchev–Trinajstić information content (AvgIpc) is 3.33. The number of aromatic amines is 1. The third kappa shape index (κ3) is 3.15. The predicted octanol–water partition coefficient (Wildman–Crippen LogP) is 3.12. The Labute approximate surface area is 149 Å². The molecule has 0 bridgehead atoms. The Hall–Kier alpha value is -2.31. The van der Waals surface area contributed by atoms with E-state index in [0.29, 0.717) is 23.2 Å². The number of aryl methyl sites for hydroxylation is 1. The maximum absolute atomic E-state index is 12.4.